The number of nitrogens with two attached hydrogens (primary N) is 1. The van der Waals surface area contributed by atoms with Crippen LogP contribution in [-0.4, -0.2) is 18.8 Å². The van der Waals surface area contributed by atoms with Crippen LogP contribution in [0.5, 0.6) is 0 Å². The molecule has 3 unspecified atom stereocenters. The summed E-state index contributed by atoms with van der Waals surface area (Å²) in [5.41, 5.74) is 2.99. The largest absolute Gasteiger partial charge is 0.378 e. The average molecular weight is 184 g/mol. The number of nitrogens with one attached hydrogen (secondary N) is 1. The third-order valence-electron chi connectivity index (χ3n) is 3.59. The Morgan fingerprint density at radius 3 is 2.54 bits per heavy atom. The average Bonchev–Trinajstić information content (AvgIpc) is 2.43. The summed E-state index contributed by atoms with van der Waals surface area (Å²) in [4.78, 5) is 0. The summed E-state index contributed by atoms with van der Waals surface area (Å²) in [5, 5.41) is 0. The van der Waals surface area contributed by atoms with Gasteiger partial charge in [0.1, 0.15) is 0 Å². The molecule has 0 spiro atoms. The molecule has 1 saturated carbocycles. The second-order valence-electron chi connectivity index (χ2n) is 4.52. The van der Waals surface area contributed by atoms with Gasteiger partial charge in [-0.15, -0.1) is 0 Å². The van der Waals surface area contributed by atoms with Crippen LogP contribution < -0.4 is 11.3 Å². The molecule has 2 fully saturated rings. The van der Waals surface area contributed by atoms with Crippen LogP contribution in [0.25, 0.3) is 0 Å². The number of rotatable bonds is 3. The molecule has 1 aliphatic heterocycles. The van der Waals surface area contributed by atoms with Crippen molar-refractivity contribution < 1.29 is 4.74 Å². The van der Waals surface area contributed by atoms with Gasteiger partial charge in [0.25, 0.3) is 0 Å². The minimum Gasteiger partial charge on any atom is -0.378 e. The van der Waals surface area contributed by atoms with Crippen LogP contribution in [0, 0.1) is 11.8 Å². The van der Waals surface area contributed by atoms with E-state index in [-0.39, 0.29) is 0 Å². The molecule has 2 aliphatic rings. The zero-order valence-corrected chi connectivity index (χ0v) is 8.33. The van der Waals surface area contributed by atoms with E-state index in [0.717, 1.165) is 12.5 Å². The van der Waals surface area contributed by atoms with Crippen LogP contribution in [-0.2, 0) is 4.74 Å². The maximum Gasteiger partial charge on any atom is 0.0551 e. The highest BCUT2D eigenvalue weighted by Crippen LogP contribution is 2.35. The quantitative estimate of drug-likeness (QED) is 0.509. The van der Waals surface area contributed by atoms with Crippen LogP contribution in [0.3, 0.4) is 0 Å². The Hall–Kier alpha value is -0.120. The number of hydrogen-bond acceptors (Lipinski definition) is 3. The Bertz CT molecular complexity index is 170. The summed E-state index contributed by atoms with van der Waals surface area (Å²) in [7, 11) is 0. The highest BCUT2D eigenvalue weighted by Gasteiger charge is 2.36. The smallest absolute Gasteiger partial charge is 0.0551 e. The fourth-order valence-electron chi connectivity index (χ4n) is 2.56. The second kappa shape index (κ2) is 3.95. The van der Waals surface area contributed by atoms with E-state index in [9.17, 15) is 0 Å². The van der Waals surface area contributed by atoms with Gasteiger partial charge in [0, 0.05) is 12.0 Å². The summed E-state index contributed by atoms with van der Waals surface area (Å²) in [6.45, 7) is 3.04. The molecule has 3 N–H and O–H groups in total. The first kappa shape index (κ1) is 9.44. The SMILES string of the molecule is CC1CC(C(NN)C2CCC2)CO1. The minimum atomic E-state index is 0.431. The summed E-state index contributed by atoms with van der Waals surface area (Å²) >= 11 is 0. The van der Waals surface area contributed by atoms with Crippen LogP contribution in [0.2, 0.25) is 0 Å². The molecule has 13 heavy (non-hydrogen) atoms. The van der Waals surface area contributed by atoms with Crippen molar-refractivity contribution in [2.24, 2.45) is 17.7 Å². The predicted octanol–water partition coefficient (Wildman–Crippen LogP) is 1.04. The normalized spacial score (nSPS) is 37.4. The van der Waals surface area contributed by atoms with Crippen LogP contribution >= 0.6 is 0 Å². The first-order valence-electron chi connectivity index (χ1n) is 5.39. The van der Waals surface area contributed by atoms with Gasteiger partial charge in [-0.2, -0.15) is 0 Å². The summed E-state index contributed by atoms with van der Waals surface area (Å²) in [6, 6.07) is 0.499. The molecule has 0 bridgehead atoms. The highest BCUT2D eigenvalue weighted by molar-refractivity contribution is 4.89. The zero-order chi connectivity index (χ0) is 9.26. The van der Waals surface area contributed by atoms with Gasteiger partial charge in [-0.3, -0.25) is 11.3 Å². The van der Waals surface area contributed by atoms with E-state index < -0.39 is 0 Å². The van der Waals surface area contributed by atoms with E-state index in [2.05, 4.69) is 12.3 Å². The summed E-state index contributed by atoms with van der Waals surface area (Å²) < 4.78 is 5.57. The molecular formula is C10H20N2O. The lowest BCUT2D eigenvalue weighted by Crippen LogP contribution is -2.48. The molecule has 3 atom stereocenters. The third kappa shape index (κ3) is 1.87. The maximum absolute atomic E-state index is 5.60. The number of ether oxygens (including phenoxy) is 1. The van der Waals surface area contributed by atoms with Gasteiger partial charge >= 0.3 is 0 Å². The third-order valence-corrected chi connectivity index (χ3v) is 3.59. The van der Waals surface area contributed by atoms with Crippen molar-refractivity contribution in [1.29, 1.82) is 0 Å². The molecule has 0 aromatic heterocycles. The van der Waals surface area contributed by atoms with E-state index in [1.165, 1.54) is 25.7 Å². The van der Waals surface area contributed by atoms with Crippen molar-refractivity contribution in [3.8, 4) is 0 Å². The van der Waals surface area contributed by atoms with Crippen molar-refractivity contribution >= 4 is 0 Å². The first-order chi connectivity index (χ1) is 6.31. The summed E-state index contributed by atoms with van der Waals surface area (Å²) in [5.74, 6) is 7.06. The number of hydrazine groups is 1. The van der Waals surface area contributed by atoms with E-state index in [1.807, 2.05) is 0 Å². The van der Waals surface area contributed by atoms with Crippen LogP contribution in [0.4, 0.5) is 0 Å². The standard InChI is InChI=1S/C10H20N2O/c1-7-5-9(6-13-7)10(12-11)8-3-2-4-8/h7-10,12H,2-6,11H2,1H3. The zero-order valence-electron chi connectivity index (χ0n) is 8.33. The van der Waals surface area contributed by atoms with Gasteiger partial charge in [-0.25, -0.2) is 0 Å². The van der Waals surface area contributed by atoms with Gasteiger partial charge in [0.05, 0.1) is 12.7 Å². The molecule has 1 heterocycles. The van der Waals surface area contributed by atoms with Crippen molar-refractivity contribution in [2.45, 2.75) is 44.8 Å². The lowest BCUT2D eigenvalue weighted by Gasteiger charge is -2.36. The number of hydrogen-bond donors (Lipinski definition) is 2. The second-order valence-corrected chi connectivity index (χ2v) is 4.52. The Balaban J connectivity index is 1.88. The Morgan fingerprint density at radius 1 is 1.38 bits per heavy atom. The van der Waals surface area contributed by atoms with Crippen LogP contribution in [0.15, 0.2) is 0 Å². The van der Waals surface area contributed by atoms with E-state index in [1.54, 1.807) is 0 Å². The molecule has 0 amide bonds. The molecule has 0 radical (unpaired) electrons. The molecule has 1 saturated heterocycles. The molecule has 76 valence electrons. The lowest BCUT2D eigenvalue weighted by atomic mass is 9.74. The van der Waals surface area contributed by atoms with Crippen molar-refractivity contribution in [1.82, 2.24) is 5.43 Å². The maximum atomic E-state index is 5.60. The van der Waals surface area contributed by atoms with Gasteiger partial charge in [-0.05, 0) is 32.1 Å². The Labute approximate surface area is 80.0 Å². The fraction of sp³-hybridized carbons (Fsp3) is 1.00. The van der Waals surface area contributed by atoms with Crippen molar-refractivity contribution in [3.63, 3.8) is 0 Å². The van der Waals surface area contributed by atoms with Gasteiger partial charge in [0.15, 0.2) is 0 Å². The summed E-state index contributed by atoms with van der Waals surface area (Å²) in [6.07, 6.45) is 5.68. The molecule has 0 aromatic rings. The monoisotopic (exact) mass is 184 g/mol. The van der Waals surface area contributed by atoms with E-state index >= 15 is 0 Å². The minimum absolute atomic E-state index is 0.431. The van der Waals surface area contributed by atoms with Gasteiger partial charge < -0.3 is 4.74 Å². The topological polar surface area (TPSA) is 47.3 Å². The van der Waals surface area contributed by atoms with Crippen molar-refractivity contribution in [2.75, 3.05) is 6.61 Å². The van der Waals surface area contributed by atoms with Gasteiger partial charge in [-0.1, -0.05) is 6.42 Å². The molecule has 1 aliphatic carbocycles. The van der Waals surface area contributed by atoms with E-state index in [0.29, 0.717) is 18.1 Å². The molecule has 3 nitrogen and oxygen atoms in total. The highest BCUT2D eigenvalue weighted by atomic mass is 16.5. The fourth-order valence-corrected chi connectivity index (χ4v) is 2.56. The predicted molar refractivity (Wildman–Crippen MR) is 52.0 cm³/mol. The molecule has 0 aromatic carbocycles. The first-order valence-corrected chi connectivity index (χ1v) is 5.39. The molecule has 3 heteroatoms. The van der Waals surface area contributed by atoms with Crippen LogP contribution in [0.1, 0.15) is 32.6 Å². The Morgan fingerprint density at radius 2 is 2.15 bits per heavy atom. The molecule has 2 rings (SSSR count). The van der Waals surface area contributed by atoms with E-state index in [4.69, 9.17) is 10.6 Å². The van der Waals surface area contributed by atoms with Gasteiger partial charge in [0.2, 0.25) is 0 Å². The Kier molecular flexibility index (Phi) is 2.86. The lowest BCUT2D eigenvalue weighted by molar-refractivity contribution is 0.106. The molecular weight excluding hydrogens is 164 g/mol. The van der Waals surface area contributed by atoms with Crippen molar-refractivity contribution in [3.05, 3.63) is 0 Å².